The van der Waals surface area contributed by atoms with E-state index in [0.29, 0.717) is 31.8 Å². The monoisotopic (exact) mass is 466 g/mol. The standard InChI is InChI=1S/C20H30N6O5S/c27-17(4-3-13-5-7-21-8-6-13)26-9-1-2-14(12-26)18(28)22-10-15(20(30)31)24-19(29)16-11-23-25-32-16/h11,13-15,21H,1-10,12H2,(H,22,28)(H,24,29)(H,30,31)/t14-,15+/m1/s1. The summed E-state index contributed by atoms with van der Waals surface area (Å²) in [5, 5.41) is 21.2. The Kier molecular flexibility index (Phi) is 8.91. The normalized spacial score (nSPS) is 20.4. The third-order valence-corrected chi connectivity index (χ3v) is 6.70. The fraction of sp³-hybridized carbons (Fsp3) is 0.700. The predicted molar refractivity (Wildman–Crippen MR) is 116 cm³/mol. The number of likely N-dealkylation sites (tertiary alicyclic amines) is 1. The van der Waals surface area contributed by atoms with E-state index >= 15 is 0 Å². The van der Waals surface area contributed by atoms with Gasteiger partial charge >= 0.3 is 5.97 Å². The average Bonchev–Trinajstić information content (AvgIpc) is 3.35. The van der Waals surface area contributed by atoms with E-state index in [1.807, 2.05) is 0 Å². The Morgan fingerprint density at radius 1 is 1.25 bits per heavy atom. The fourth-order valence-corrected chi connectivity index (χ4v) is 4.54. The van der Waals surface area contributed by atoms with Gasteiger partial charge in [-0.05, 0) is 62.6 Å². The molecule has 32 heavy (non-hydrogen) atoms. The number of aliphatic carboxylic acids is 1. The Hall–Kier alpha value is -2.60. The molecule has 2 atom stereocenters. The SMILES string of the molecule is O=C(N[C@@H](CNC(=O)[C@@H]1CCCN(C(=O)CCC2CCNCC2)C1)C(=O)O)c1cnns1. The molecule has 0 aliphatic carbocycles. The molecule has 176 valence electrons. The lowest BCUT2D eigenvalue weighted by Gasteiger charge is -2.33. The number of carboxylic acids is 1. The van der Waals surface area contributed by atoms with E-state index in [1.165, 1.54) is 6.20 Å². The lowest BCUT2D eigenvalue weighted by atomic mass is 9.92. The number of carbonyl (C=O) groups is 4. The fourth-order valence-electron chi connectivity index (χ4n) is 4.12. The molecule has 0 aromatic carbocycles. The number of hydrogen-bond donors (Lipinski definition) is 4. The molecule has 3 amide bonds. The van der Waals surface area contributed by atoms with E-state index in [2.05, 4.69) is 25.5 Å². The van der Waals surface area contributed by atoms with Crippen LogP contribution < -0.4 is 16.0 Å². The summed E-state index contributed by atoms with van der Waals surface area (Å²) < 4.78 is 3.57. The number of rotatable bonds is 9. The summed E-state index contributed by atoms with van der Waals surface area (Å²) in [6.45, 7) is 2.75. The Morgan fingerprint density at radius 3 is 2.72 bits per heavy atom. The van der Waals surface area contributed by atoms with E-state index in [1.54, 1.807) is 4.90 Å². The van der Waals surface area contributed by atoms with Crippen LogP contribution in [-0.2, 0) is 14.4 Å². The van der Waals surface area contributed by atoms with Crippen molar-refractivity contribution in [2.45, 2.75) is 44.6 Å². The zero-order chi connectivity index (χ0) is 22.9. The van der Waals surface area contributed by atoms with E-state index < -0.39 is 17.9 Å². The lowest BCUT2D eigenvalue weighted by molar-refractivity contribution is -0.139. The van der Waals surface area contributed by atoms with Crippen molar-refractivity contribution < 1.29 is 24.3 Å². The van der Waals surface area contributed by atoms with Crippen LogP contribution >= 0.6 is 11.5 Å². The van der Waals surface area contributed by atoms with Gasteiger partial charge in [-0.3, -0.25) is 14.4 Å². The molecule has 0 unspecified atom stereocenters. The van der Waals surface area contributed by atoms with Crippen LogP contribution in [0.5, 0.6) is 0 Å². The van der Waals surface area contributed by atoms with Crippen molar-refractivity contribution in [3.05, 3.63) is 11.1 Å². The van der Waals surface area contributed by atoms with Gasteiger partial charge in [0.25, 0.3) is 5.91 Å². The summed E-state index contributed by atoms with van der Waals surface area (Å²) in [6.07, 6.45) is 6.19. The second-order valence-electron chi connectivity index (χ2n) is 8.30. The van der Waals surface area contributed by atoms with Crippen LogP contribution in [0.4, 0.5) is 0 Å². The average molecular weight is 467 g/mol. The van der Waals surface area contributed by atoms with Gasteiger partial charge < -0.3 is 26.0 Å². The quantitative estimate of drug-likeness (QED) is 0.392. The van der Waals surface area contributed by atoms with Crippen LogP contribution in [0.2, 0.25) is 0 Å². The van der Waals surface area contributed by atoms with E-state index in [-0.39, 0.29) is 29.2 Å². The van der Waals surface area contributed by atoms with Gasteiger partial charge in [-0.1, -0.05) is 4.49 Å². The Morgan fingerprint density at radius 2 is 2.03 bits per heavy atom. The largest absolute Gasteiger partial charge is 0.480 e. The van der Waals surface area contributed by atoms with Crippen molar-refractivity contribution in [2.24, 2.45) is 11.8 Å². The molecule has 2 saturated heterocycles. The third kappa shape index (κ3) is 6.95. The van der Waals surface area contributed by atoms with Crippen molar-refractivity contribution in [2.75, 3.05) is 32.7 Å². The predicted octanol–water partition coefficient (Wildman–Crippen LogP) is -0.144. The van der Waals surface area contributed by atoms with Crippen molar-refractivity contribution in [3.63, 3.8) is 0 Å². The van der Waals surface area contributed by atoms with Gasteiger partial charge in [-0.2, -0.15) is 0 Å². The van der Waals surface area contributed by atoms with Gasteiger partial charge in [0.15, 0.2) is 0 Å². The number of aromatic nitrogens is 2. The minimum absolute atomic E-state index is 0.0786. The molecule has 3 heterocycles. The number of hydrogen-bond acceptors (Lipinski definition) is 8. The third-order valence-electron chi connectivity index (χ3n) is 6.04. The first-order chi connectivity index (χ1) is 15.4. The molecule has 0 spiro atoms. The second kappa shape index (κ2) is 11.9. The highest BCUT2D eigenvalue weighted by Crippen LogP contribution is 2.21. The summed E-state index contributed by atoms with van der Waals surface area (Å²) in [7, 11) is 0. The van der Waals surface area contributed by atoms with Crippen molar-refractivity contribution in [3.8, 4) is 0 Å². The maximum atomic E-state index is 12.6. The summed E-state index contributed by atoms with van der Waals surface area (Å²) in [6, 6.07) is -1.28. The minimum atomic E-state index is -1.28. The summed E-state index contributed by atoms with van der Waals surface area (Å²) in [5.74, 6) is -1.90. The summed E-state index contributed by atoms with van der Waals surface area (Å²) in [5.41, 5.74) is 0. The lowest BCUT2D eigenvalue weighted by Crippen LogP contribution is -2.51. The highest BCUT2D eigenvalue weighted by molar-refractivity contribution is 7.07. The Balaban J connectivity index is 1.44. The second-order valence-corrected chi connectivity index (χ2v) is 9.09. The smallest absolute Gasteiger partial charge is 0.328 e. The highest BCUT2D eigenvalue weighted by atomic mass is 32.1. The molecular formula is C20H30N6O5S. The summed E-state index contributed by atoms with van der Waals surface area (Å²) in [4.78, 5) is 50.8. The molecule has 2 aliphatic rings. The van der Waals surface area contributed by atoms with E-state index in [9.17, 15) is 24.3 Å². The van der Waals surface area contributed by atoms with Crippen molar-refractivity contribution in [1.29, 1.82) is 0 Å². The van der Waals surface area contributed by atoms with Gasteiger partial charge in [0.05, 0.1) is 12.1 Å². The number of carbonyl (C=O) groups excluding carboxylic acids is 3. The first kappa shape index (κ1) is 24.1. The van der Waals surface area contributed by atoms with Gasteiger partial charge in [-0.25, -0.2) is 4.79 Å². The summed E-state index contributed by atoms with van der Waals surface area (Å²) >= 11 is 0.854. The van der Waals surface area contributed by atoms with Crippen molar-refractivity contribution >= 4 is 35.2 Å². The molecule has 0 saturated carbocycles. The number of piperidine rings is 2. The zero-order valence-corrected chi connectivity index (χ0v) is 18.7. The molecular weight excluding hydrogens is 436 g/mol. The molecule has 2 aliphatic heterocycles. The highest BCUT2D eigenvalue weighted by Gasteiger charge is 2.30. The zero-order valence-electron chi connectivity index (χ0n) is 17.9. The molecule has 3 rings (SSSR count). The van der Waals surface area contributed by atoms with Gasteiger partial charge in [0.1, 0.15) is 10.9 Å². The van der Waals surface area contributed by atoms with Crippen LogP contribution in [-0.4, -0.2) is 82.0 Å². The van der Waals surface area contributed by atoms with Crippen LogP contribution in [0.25, 0.3) is 0 Å². The Labute approximate surface area is 190 Å². The van der Waals surface area contributed by atoms with Crippen LogP contribution in [0.3, 0.4) is 0 Å². The molecule has 12 heteroatoms. The minimum Gasteiger partial charge on any atom is -0.480 e. The van der Waals surface area contributed by atoms with Gasteiger partial charge in [0.2, 0.25) is 11.8 Å². The number of amides is 3. The number of nitrogens with zero attached hydrogens (tertiary/aromatic N) is 3. The topological polar surface area (TPSA) is 154 Å². The Bertz CT molecular complexity index is 798. The van der Waals surface area contributed by atoms with Gasteiger partial charge in [0, 0.05) is 26.1 Å². The molecule has 4 N–H and O–H groups in total. The molecule has 0 bridgehead atoms. The molecule has 11 nitrogen and oxygen atoms in total. The molecule has 0 radical (unpaired) electrons. The molecule has 1 aromatic heterocycles. The maximum absolute atomic E-state index is 12.6. The van der Waals surface area contributed by atoms with E-state index in [4.69, 9.17) is 0 Å². The molecule has 1 aromatic rings. The van der Waals surface area contributed by atoms with Crippen LogP contribution in [0.15, 0.2) is 6.20 Å². The maximum Gasteiger partial charge on any atom is 0.328 e. The van der Waals surface area contributed by atoms with Gasteiger partial charge in [-0.15, -0.1) is 5.10 Å². The van der Waals surface area contributed by atoms with Crippen LogP contribution in [0.1, 0.15) is 48.2 Å². The number of nitrogens with one attached hydrogen (secondary N) is 3. The first-order valence-electron chi connectivity index (χ1n) is 11.0. The first-order valence-corrected chi connectivity index (χ1v) is 11.8. The number of carboxylic acid groups (broad SMARTS) is 1. The van der Waals surface area contributed by atoms with E-state index in [0.717, 1.165) is 50.3 Å². The van der Waals surface area contributed by atoms with Crippen molar-refractivity contribution in [1.82, 2.24) is 30.4 Å². The molecule has 2 fully saturated rings. The van der Waals surface area contributed by atoms with Crippen LogP contribution in [0, 0.1) is 11.8 Å².